The Morgan fingerprint density at radius 2 is 1.67 bits per heavy atom. The van der Waals surface area contributed by atoms with E-state index < -0.39 is 11.5 Å². The second kappa shape index (κ2) is 9.67. The van der Waals surface area contributed by atoms with Gasteiger partial charge >= 0.3 is 0 Å². The molecule has 0 aliphatic heterocycles. The average Bonchev–Trinajstić information content (AvgIpc) is 2.84. The van der Waals surface area contributed by atoms with Crippen LogP contribution in [0.4, 0.5) is 0 Å². The van der Waals surface area contributed by atoms with E-state index in [-0.39, 0.29) is 12.1 Å². The van der Waals surface area contributed by atoms with Crippen LogP contribution in [0.25, 0.3) is 5.69 Å². The highest BCUT2D eigenvalue weighted by Crippen LogP contribution is 2.21. The molecule has 0 spiro atoms. The van der Waals surface area contributed by atoms with Gasteiger partial charge in [0, 0.05) is 12.2 Å². The van der Waals surface area contributed by atoms with Crippen LogP contribution in [0.15, 0.2) is 95.8 Å². The number of aromatic nitrogens is 1. The molecule has 3 aromatic carbocycles. The molecule has 1 amide bonds. The summed E-state index contributed by atoms with van der Waals surface area (Å²) in [5, 5.41) is 12.0. The van der Waals surface area contributed by atoms with E-state index >= 15 is 0 Å². The summed E-state index contributed by atoms with van der Waals surface area (Å²) < 4.78 is 7.21. The van der Waals surface area contributed by atoms with Crippen LogP contribution in [0.5, 0.6) is 11.5 Å². The zero-order valence-electron chi connectivity index (χ0n) is 18.0. The number of hydrogen-bond donors (Lipinski definition) is 1. The second-order valence-electron chi connectivity index (χ2n) is 7.43. The first-order valence-corrected chi connectivity index (χ1v) is 10.4. The molecule has 1 N–H and O–H groups in total. The molecular formula is C27H21N3O3. The number of rotatable bonds is 6. The van der Waals surface area contributed by atoms with Crippen LogP contribution in [-0.4, -0.2) is 10.5 Å². The van der Waals surface area contributed by atoms with Gasteiger partial charge in [-0.3, -0.25) is 14.2 Å². The molecule has 6 nitrogen and oxygen atoms in total. The number of ether oxygens (including phenoxy) is 1. The van der Waals surface area contributed by atoms with Gasteiger partial charge in [-0.1, -0.05) is 36.4 Å². The average molecular weight is 435 g/mol. The van der Waals surface area contributed by atoms with Crippen LogP contribution >= 0.6 is 0 Å². The van der Waals surface area contributed by atoms with Crippen LogP contribution in [0, 0.1) is 18.3 Å². The van der Waals surface area contributed by atoms with E-state index in [1.807, 2.05) is 54.6 Å². The normalized spacial score (nSPS) is 10.3. The molecule has 0 unspecified atom stereocenters. The Kier molecular flexibility index (Phi) is 6.33. The molecule has 4 aromatic rings. The third kappa shape index (κ3) is 5.00. The van der Waals surface area contributed by atoms with Crippen molar-refractivity contribution in [3.8, 4) is 23.3 Å². The largest absolute Gasteiger partial charge is 0.457 e. The summed E-state index contributed by atoms with van der Waals surface area (Å²) in [4.78, 5) is 25.8. The number of amides is 1. The molecule has 0 radical (unpaired) electrons. The zero-order chi connectivity index (χ0) is 23.2. The summed E-state index contributed by atoms with van der Waals surface area (Å²) >= 11 is 0. The van der Waals surface area contributed by atoms with Crippen molar-refractivity contribution in [2.24, 2.45) is 0 Å². The molecule has 4 rings (SSSR count). The quantitative estimate of drug-likeness (QED) is 0.474. The minimum absolute atomic E-state index is 0.0343. The Morgan fingerprint density at radius 3 is 2.39 bits per heavy atom. The number of nitrogens with one attached hydrogen (secondary N) is 1. The lowest BCUT2D eigenvalue weighted by molar-refractivity contribution is 0.0949. The highest BCUT2D eigenvalue weighted by molar-refractivity contribution is 5.93. The lowest BCUT2D eigenvalue weighted by atomic mass is 10.1. The highest BCUT2D eigenvalue weighted by atomic mass is 16.5. The number of pyridine rings is 1. The Hall–Kier alpha value is -4.63. The molecule has 0 aliphatic carbocycles. The topological polar surface area (TPSA) is 84.1 Å². The first-order chi connectivity index (χ1) is 16.0. The molecule has 0 aliphatic rings. The SMILES string of the molecule is Cc1ccc(C(=O)NCc2ccc(Oc3ccccc3)cc2)c(=O)n1-c1cccc(C#N)c1. The number of benzene rings is 3. The molecule has 1 heterocycles. The van der Waals surface area contributed by atoms with Gasteiger partial charge in [0.25, 0.3) is 11.5 Å². The van der Waals surface area contributed by atoms with E-state index in [1.165, 1.54) is 10.6 Å². The van der Waals surface area contributed by atoms with E-state index in [0.717, 1.165) is 11.3 Å². The van der Waals surface area contributed by atoms with E-state index in [9.17, 15) is 9.59 Å². The minimum atomic E-state index is -0.463. The van der Waals surface area contributed by atoms with Gasteiger partial charge in [0.05, 0.1) is 17.3 Å². The maximum Gasteiger partial charge on any atom is 0.268 e. The molecule has 0 fully saturated rings. The summed E-state index contributed by atoms with van der Waals surface area (Å²) in [6, 6.07) is 28.9. The van der Waals surface area contributed by atoms with Gasteiger partial charge in [0.15, 0.2) is 0 Å². The van der Waals surface area contributed by atoms with E-state index in [2.05, 4.69) is 11.4 Å². The number of para-hydroxylation sites is 1. The Balaban J connectivity index is 1.48. The van der Waals surface area contributed by atoms with Crippen molar-refractivity contribution < 1.29 is 9.53 Å². The number of carbonyl (C=O) groups excluding carboxylic acids is 1. The van der Waals surface area contributed by atoms with Crippen LogP contribution in [0.2, 0.25) is 0 Å². The fourth-order valence-corrected chi connectivity index (χ4v) is 3.42. The lowest BCUT2D eigenvalue weighted by Crippen LogP contribution is -2.33. The van der Waals surface area contributed by atoms with E-state index in [4.69, 9.17) is 10.00 Å². The standard InChI is InChI=1S/C27H21N3O3/c1-19-10-15-25(27(32)30(19)22-7-5-6-21(16-22)17-28)26(31)29-18-20-11-13-24(14-12-20)33-23-8-3-2-4-9-23/h2-16H,18H2,1H3,(H,29,31). The van der Waals surface area contributed by atoms with Gasteiger partial charge in [-0.2, -0.15) is 5.26 Å². The van der Waals surface area contributed by atoms with Crippen molar-refractivity contribution in [3.05, 3.63) is 124 Å². The zero-order valence-corrected chi connectivity index (χ0v) is 18.0. The minimum Gasteiger partial charge on any atom is -0.457 e. The van der Waals surface area contributed by atoms with Gasteiger partial charge in [-0.15, -0.1) is 0 Å². The molecule has 0 saturated carbocycles. The Bertz CT molecular complexity index is 1390. The number of aryl methyl sites for hydroxylation is 1. The molecule has 33 heavy (non-hydrogen) atoms. The van der Waals surface area contributed by atoms with Gasteiger partial charge < -0.3 is 10.1 Å². The van der Waals surface area contributed by atoms with Gasteiger partial charge in [0.2, 0.25) is 0 Å². The number of hydrogen-bond acceptors (Lipinski definition) is 4. The first kappa shape index (κ1) is 21.6. The van der Waals surface area contributed by atoms with Crippen molar-refractivity contribution in [3.63, 3.8) is 0 Å². The van der Waals surface area contributed by atoms with Crippen molar-refractivity contribution in [1.82, 2.24) is 9.88 Å². The van der Waals surface area contributed by atoms with Crippen molar-refractivity contribution in [1.29, 1.82) is 5.26 Å². The fourth-order valence-electron chi connectivity index (χ4n) is 3.42. The molecule has 1 aromatic heterocycles. The number of nitrogens with zero attached hydrogens (tertiary/aromatic N) is 2. The smallest absolute Gasteiger partial charge is 0.268 e. The fraction of sp³-hybridized carbons (Fsp3) is 0.0741. The van der Waals surface area contributed by atoms with Gasteiger partial charge in [-0.05, 0) is 67.1 Å². The number of carbonyl (C=O) groups is 1. The summed E-state index contributed by atoms with van der Waals surface area (Å²) in [5.74, 6) is 0.974. The van der Waals surface area contributed by atoms with Gasteiger partial charge in [0.1, 0.15) is 17.1 Å². The third-order valence-corrected chi connectivity index (χ3v) is 5.11. The third-order valence-electron chi connectivity index (χ3n) is 5.11. The van der Waals surface area contributed by atoms with Crippen LogP contribution in [0.1, 0.15) is 27.2 Å². The first-order valence-electron chi connectivity index (χ1n) is 10.4. The van der Waals surface area contributed by atoms with E-state index in [1.54, 1.807) is 37.3 Å². The maximum atomic E-state index is 13.1. The highest BCUT2D eigenvalue weighted by Gasteiger charge is 2.15. The Morgan fingerprint density at radius 1 is 0.939 bits per heavy atom. The predicted molar refractivity (Wildman–Crippen MR) is 126 cm³/mol. The van der Waals surface area contributed by atoms with Crippen LogP contribution in [-0.2, 0) is 6.54 Å². The monoisotopic (exact) mass is 435 g/mol. The van der Waals surface area contributed by atoms with Crippen LogP contribution in [0.3, 0.4) is 0 Å². The van der Waals surface area contributed by atoms with Crippen molar-refractivity contribution in [2.45, 2.75) is 13.5 Å². The molecule has 6 heteroatoms. The molecule has 0 bridgehead atoms. The maximum absolute atomic E-state index is 13.1. The molecular weight excluding hydrogens is 414 g/mol. The summed E-state index contributed by atoms with van der Waals surface area (Å²) in [7, 11) is 0. The van der Waals surface area contributed by atoms with Crippen molar-refractivity contribution in [2.75, 3.05) is 0 Å². The number of nitriles is 1. The second-order valence-corrected chi connectivity index (χ2v) is 7.43. The summed E-state index contributed by atoms with van der Waals surface area (Å²) in [5.41, 5.74) is 2.12. The van der Waals surface area contributed by atoms with E-state index in [0.29, 0.717) is 22.7 Å². The van der Waals surface area contributed by atoms with Crippen LogP contribution < -0.4 is 15.6 Å². The summed E-state index contributed by atoms with van der Waals surface area (Å²) in [6.45, 7) is 2.04. The molecule has 0 atom stereocenters. The Labute approximate surface area is 191 Å². The summed E-state index contributed by atoms with van der Waals surface area (Å²) in [6.07, 6.45) is 0. The van der Waals surface area contributed by atoms with Gasteiger partial charge in [-0.25, -0.2) is 0 Å². The molecule has 162 valence electrons. The van der Waals surface area contributed by atoms with Crippen molar-refractivity contribution >= 4 is 5.91 Å². The molecule has 0 saturated heterocycles. The predicted octanol–water partition coefficient (Wildman–Crippen LogP) is 4.74. The lowest BCUT2D eigenvalue weighted by Gasteiger charge is -2.13.